The minimum atomic E-state index is -0.424. The van der Waals surface area contributed by atoms with E-state index in [1.807, 2.05) is 20.8 Å². The second-order valence-corrected chi connectivity index (χ2v) is 6.24. The average Bonchev–Trinajstić information content (AvgIpc) is 2.21. The topological polar surface area (TPSA) is 44.8 Å². The summed E-state index contributed by atoms with van der Waals surface area (Å²) in [6.07, 6.45) is 1.78. The van der Waals surface area contributed by atoms with Gasteiger partial charge in [0.1, 0.15) is 5.60 Å². The molecule has 19 heavy (non-hydrogen) atoms. The lowest BCUT2D eigenvalue weighted by molar-refractivity contribution is 0.0526. The minimum Gasteiger partial charge on any atom is -0.444 e. The van der Waals surface area contributed by atoms with Gasteiger partial charge in [-0.05, 0) is 74.4 Å². The fourth-order valence-corrected chi connectivity index (χ4v) is 1.62. The van der Waals surface area contributed by atoms with E-state index in [9.17, 15) is 4.79 Å². The normalized spacial score (nSPS) is 12.0. The Labute approximate surface area is 118 Å². The summed E-state index contributed by atoms with van der Waals surface area (Å²) in [7, 11) is 6.29. The summed E-state index contributed by atoms with van der Waals surface area (Å²) < 4.78 is 5.17. The molecule has 0 unspecified atom stereocenters. The number of hydrogen-bond acceptors (Lipinski definition) is 4. The highest BCUT2D eigenvalue weighted by Gasteiger charge is 2.15. The molecule has 5 heteroatoms. The van der Waals surface area contributed by atoms with E-state index in [0.717, 1.165) is 26.1 Å². The highest BCUT2D eigenvalue weighted by molar-refractivity contribution is 5.67. The molecule has 0 atom stereocenters. The molecule has 0 aliphatic rings. The van der Waals surface area contributed by atoms with E-state index in [4.69, 9.17) is 4.74 Å². The van der Waals surface area contributed by atoms with Gasteiger partial charge in [-0.25, -0.2) is 4.79 Å². The van der Waals surface area contributed by atoms with Crippen molar-refractivity contribution >= 4 is 6.09 Å². The van der Waals surface area contributed by atoms with E-state index in [0.29, 0.717) is 6.54 Å². The van der Waals surface area contributed by atoms with Gasteiger partial charge in [0.2, 0.25) is 0 Å². The molecule has 1 N–H and O–H groups in total. The second-order valence-electron chi connectivity index (χ2n) is 6.24. The first-order chi connectivity index (χ1) is 8.70. The summed E-state index contributed by atoms with van der Waals surface area (Å²) in [4.78, 5) is 15.9. The van der Waals surface area contributed by atoms with Gasteiger partial charge in [0, 0.05) is 6.54 Å². The molecule has 0 aliphatic heterocycles. The van der Waals surface area contributed by atoms with E-state index < -0.39 is 5.60 Å². The number of carbonyl (C=O) groups excluding carboxylic acids is 1. The van der Waals surface area contributed by atoms with Crippen LogP contribution in [-0.4, -0.2) is 68.8 Å². The largest absolute Gasteiger partial charge is 0.444 e. The molecule has 0 aliphatic carbocycles. The molecule has 1 amide bonds. The van der Waals surface area contributed by atoms with Crippen molar-refractivity contribution in [2.24, 2.45) is 0 Å². The van der Waals surface area contributed by atoms with Crippen molar-refractivity contribution < 1.29 is 9.53 Å². The van der Waals surface area contributed by atoms with Crippen LogP contribution in [0.3, 0.4) is 0 Å². The lowest BCUT2D eigenvalue weighted by atomic mass is 10.2. The summed E-state index contributed by atoms with van der Waals surface area (Å²) >= 11 is 0. The van der Waals surface area contributed by atoms with Crippen molar-refractivity contribution in [1.82, 2.24) is 15.1 Å². The van der Waals surface area contributed by atoms with Gasteiger partial charge >= 0.3 is 6.09 Å². The van der Waals surface area contributed by atoms with E-state index in [1.54, 1.807) is 0 Å². The zero-order chi connectivity index (χ0) is 14.9. The molecule has 0 radical (unpaired) electrons. The van der Waals surface area contributed by atoms with Crippen molar-refractivity contribution in [2.75, 3.05) is 47.3 Å². The van der Waals surface area contributed by atoms with Crippen LogP contribution in [0.1, 0.15) is 33.6 Å². The third-order valence-corrected chi connectivity index (χ3v) is 2.53. The first-order valence-electron chi connectivity index (χ1n) is 7.01. The molecule has 114 valence electrons. The lowest BCUT2D eigenvalue weighted by Gasteiger charge is -2.20. The molecule has 0 heterocycles. The number of carbonyl (C=O) groups is 1. The van der Waals surface area contributed by atoms with Crippen LogP contribution in [0.4, 0.5) is 4.79 Å². The van der Waals surface area contributed by atoms with Crippen molar-refractivity contribution in [3.8, 4) is 0 Å². The molecular weight excluding hydrogens is 242 g/mol. The quantitative estimate of drug-likeness (QED) is 0.685. The first-order valence-corrected chi connectivity index (χ1v) is 7.01. The SMILES string of the molecule is CN(C)CCCN(C)CCCNC(=O)OC(C)(C)C. The maximum Gasteiger partial charge on any atom is 0.407 e. The van der Waals surface area contributed by atoms with Crippen molar-refractivity contribution in [1.29, 1.82) is 0 Å². The Morgan fingerprint density at radius 1 is 1.05 bits per heavy atom. The summed E-state index contributed by atoms with van der Waals surface area (Å²) in [5.74, 6) is 0. The van der Waals surface area contributed by atoms with Gasteiger partial charge in [-0.15, -0.1) is 0 Å². The molecule has 0 saturated carbocycles. The molecular formula is C14H31N3O2. The average molecular weight is 273 g/mol. The third kappa shape index (κ3) is 13.4. The number of nitrogens with zero attached hydrogens (tertiary/aromatic N) is 2. The Kier molecular flexibility index (Phi) is 8.76. The summed E-state index contributed by atoms with van der Waals surface area (Å²) in [6.45, 7) is 9.45. The molecule has 0 aromatic heterocycles. The van der Waals surface area contributed by atoms with Crippen LogP contribution in [0, 0.1) is 0 Å². The van der Waals surface area contributed by atoms with E-state index in [1.165, 1.54) is 6.42 Å². The fourth-order valence-electron chi connectivity index (χ4n) is 1.62. The first kappa shape index (κ1) is 18.2. The Morgan fingerprint density at radius 3 is 2.16 bits per heavy atom. The summed E-state index contributed by atoms with van der Waals surface area (Å²) in [6, 6.07) is 0. The molecule has 0 fully saturated rings. The van der Waals surface area contributed by atoms with Crippen LogP contribution in [0.25, 0.3) is 0 Å². The molecule has 5 nitrogen and oxygen atoms in total. The fraction of sp³-hybridized carbons (Fsp3) is 0.929. The zero-order valence-corrected chi connectivity index (χ0v) is 13.5. The number of rotatable bonds is 8. The zero-order valence-electron chi connectivity index (χ0n) is 13.5. The van der Waals surface area contributed by atoms with Gasteiger partial charge in [0.15, 0.2) is 0 Å². The van der Waals surface area contributed by atoms with Gasteiger partial charge in [0.05, 0.1) is 0 Å². The Morgan fingerprint density at radius 2 is 1.63 bits per heavy atom. The highest BCUT2D eigenvalue weighted by Crippen LogP contribution is 2.06. The Bertz CT molecular complexity index is 250. The van der Waals surface area contributed by atoms with Gasteiger partial charge in [0.25, 0.3) is 0 Å². The predicted molar refractivity (Wildman–Crippen MR) is 79.5 cm³/mol. The van der Waals surface area contributed by atoms with Crippen molar-refractivity contribution in [3.63, 3.8) is 0 Å². The third-order valence-electron chi connectivity index (χ3n) is 2.53. The Hall–Kier alpha value is -0.810. The molecule has 0 aromatic carbocycles. The number of alkyl carbamates (subject to hydrolysis) is 1. The maximum absolute atomic E-state index is 11.4. The van der Waals surface area contributed by atoms with Gasteiger partial charge in [-0.2, -0.15) is 0 Å². The van der Waals surface area contributed by atoms with Crippen molar-refractivity contribution in [3.05, 3.63) is 0 Å². The molecule has 0 saturated heterocycles. The lowest BCUT2D eigenvalue weighted by Crippen LogP contribution is -2.34. The van der Waals surface area contributed by atoms with Crippen LogP contribution in [0.5, 0.6) is 0 Å². The second kappa shape index (κ2) is 9.15. The van der Waals surface area contributed by atoms with Gasteiger partial charge in [-0.3, -0.25) is 0 Å². The van der Waals surface area contributed by atoms with Crippen LogP contribution in [0.2, 0.25) is 0 Å². The van der Waals surface area contributed by atoms with Crippen molar-refractivity contribution in [2.45, 2.75) is 39.2 Å². The molecule has 0 aromatic rings. The molecule has 0 bridgehead atoms. The predicted octanol–water partition coefficient (Wildman–Crippen LogP) is 1.78. The smallest absolute Gasteiger partial charge is 0.407 e. The van der Waals surface area contributed by atoms with Crippen LogP contribution in [-0.2, 0) is 4.74 Å². The molecule has 0 spiro atoms. The van der Waals surface area contributed by atoms with Crippen LogP contribution < -0.4 is 5.32 Å². The number of ether oxygens (including phenoxy) is 1. The van der Waals surface area contributed by atoms with Gasteiger partial charge in [-0.1, -0.05) is 0 Å². The van der Waals surface area contributed by atoms with E-state index in [2.05, 4.69) is 36.3 Å². The Balaban J connectivity index is 3.50. The van der Waals surface area contributed by atoms with E-state index >= 15 is 0 Å². The van der Waals surface area contributed by atoms with Crippen LogP contribution in [0.15, 0.2) is 0 Å². The summed E-state index contributed by atoms with van der Waals surface area (Å²) in [5.41, 5.74) is -0.424. The number of nitrogens with one attached hydrogen (secondary N) is 1. The van der Waals surface area contributed by atoms with E-state index in [-0.39, 0.29) is 6.09 Å². The monoisotopic (exact) mass is 273 g/mol. The number of hydrogen-bond donors (Lipinski definition) is 1. The minimum absolute atomic E-state index is 0.331. The highest BCUT2D eigenvalue weighted by atomic mass is 16.6. The van der Waals surface area contributed by atoms with Gasteiger partial charge < -0.3 is 19.9 Å². The standard InChI is InChI=1S/C14H31N3O2/c1-14(2,3)19-13(18)15-9-7-11-17(6)12-8-10-16(4)5/h7-12H2,1-6H3,(H,15,18). The maximum atomic E-state index is 11.4. The number of amides is 1. The molecule has 0 rings (SSSR count). The summed E-state index contributed by atoms with van der Waals surface area (Å²) in [5, 5.41) is 2.77. The van der Waals surface area contributed by atoms with Crippen LogP contribution >= 0.6 is 0 Å².